The second kappa shape index (κ2) is 6.40. The molecule has 1 saturated carbocycles. The molecule has 1 N–H and O–H groups in total. The zero-order valence-electron chi connectivity index (χ0n) is 11.7. The molecule has 2 atom stereocenters. The van der Waals surface area contributed by atoms with Crippen LogP contribution < -0.4 is 5.32 Å². The number of nitrogens with one attached hydrogen (secondary N) is 1. The summed E-state index contributed by atoms with van der Waals surface area (Å²) in [6, 6.07) is 4.01. The molecule has 1 aromatic rings. The van der Waals surface area contributed by atoms with Gasteiger partial charge >= 0.3 is 0 Å². The van der Waals surface area contributed by atoms with Gasteiger partial charge in [0.05, 0.1) is 10.4 Å². The van der Waals surface area contributed by atoms with Gasteiger partial charge in [-0.15, -0.1) is 11.3 Å². The quantitative estimate of drug-likeness (QED) is 0.807. The first-order valence-electron chi connectivity index (χ1n) is 7.06. The summed E-state index contributed by atoms with van der Waals surface area (Å²) < 4.78 is 0. The Bertz CT molecular complexity index is 445. The van der Waals surface area contributed by atoms with Crippen LogP contribution >= 0.6 is 27.3 Å². The average molecular weight is 344 g/mol. The van der Waals surface area contributed by atoms with E-state index in [-0.39, 0.29) is 11.4 Å². The van der Waals surface area contributed by atoms with Gasteiger partial charge in [0.15, 0.2) is 0 Å². The number of carbonyl (C=O) groups is 1. The Morgan fingerprint density at radius 2 is 2.37 bits per heavy atom. The number of hydrogen-bond donors (Lipinski definition) is 1. The molecule has 1 amide bonds. The molecule has 0 radical (unpaired) electrons. The second-order valence-corrected chi connectivity index (χ2v) is 7.42. The Morgan fingerprint density at radius 3 is 2.95 bits per heavy atom. The molecule has 1 aromatic heterocycles. The lowest BCUT2D eigenvalue weighted by atomic mass is 9.77. The first-order chi connectivity index (χ1) is 9.08. The molecule has 1 heterocycles. The van der Waals surface area contributed by atoms with Crippen molar-refractivity contribution >= 4 is 33.2 Å². The van der Waals surface area contributed by atoms with E-state index in [2.05, 4.69) is 41.2 Å². The van der Waals surface area contributed by atoms with Crippen LogP contribution in [0.15, 0.2) is 12.1 Å². The van der Waals surface area contributed by atoms with Crippen molar-refractivity contribution in [2.75, 3.05) is 5.33 Å². The number of thiophene rings is 1. The Hall–Kier alpha value is -0.350. The molecule has 19 heavy (non-hydrogen) atoms. The van der Waals surface area contributed by atoms with Crippen LogP contribution in [0.25, 0.3) is 0 Å². The summed E-state index contributed by atoms with van der Waals surface area (Å²) in [5, 5.41) is 4.14. The smallest absolute Gasteiger partial charge is 0.261 e. The normalized spacial score (nSPS) is 27.2. The predicted octanol–water partition coefficient (Wildman–Crippen LogP) is 4.38. The summed E-state index contributed by atoms with van der Waals surface area (Å²) in [4.78, 5) is 14.5. The van der Waals surface area contributed by atoms with E-state index >= 15 is 0 Å². The molecule has 1 fully saturated rings. The fourth-order valence-electron chi connectivity index (χ4n) is 2.92. The molecule has 2 nitrogen and oxygen atoms in total. The van der Waals surface area contributed by atoms with Crippen LogP contribution in [0.2, 0.25) is 0 Å². The van der Waals surface area contributed by atoms with E-state index in [0.29, 0.717) is 5.92 Å². The third-order valence-corrected chi connectivity index (χ3v) is 6.26. The van der Waals surface area contributed by atoms with Crippen LogP contribution in [-0.2, 0) is 6.42 Å². The Kier molecular flexibility index (Phi) is 5.07. The molecule has 0 aliphatic heterocycles. The monoisotopic (exact) mass is 343 g/mol. The molecule has 1 aliphatic rings. The molecule has 1 aliphatic carbocycles. The number of aryl methyl sites for hydroxylation is 1. The number of hydrogen-bond acceptors (Lipinski definition) is 2. The standard InChI is InChI=1S/C15H22BrNOS/c1-3-12-6-7-13(19-12)14(18)17-15(10-16)8-4-5-11(2)9-15/h6-7,11H,3-5,8-10H2,1-2H3,(H,17,18). The highest BCUT2D eigenvalue weighted by atomic mass is 79.9. The van der Waals surface area contributed by atoms with Gasteiger partial charge in [-0.3, -0.25) is 4.79 Å². The van der Waals surface area contributed by atoms with Gasteiger partial charge in [-0.05, 0) is 37.3 Å². The van der Waals surface area contributed by atoms with E-state index in [4.69, 9.17) is 0 Å². The lowest BCUT2D eigenvalue weighted by molar-refractivity contribution is 0.0874. The SMILES string of the molecule is CCc1ccc(C(=O)NC2(CBr)CCCC(C)C2)s1. The third kappa shape index (κ3) is 3.60. The van der Waals surface area contributed by atoms with E-state index < -0.39 is 0 Å². The third-order valence-electron chi connectivity index (χ3n) is 3.96. The fraction of sp³-hybridized carbons (Fsp3) is 0.667. The highest BCUT2D eigenvalue weighted by molar-refractivity contribution is 9.09. The number of rotatable bonds is 4. The van der Waals surface area contributed by atoms with E-state index in [9.17, 15) is 4.79 Å². The van der Waals surface area contributed by atoms with E-state index in [1.165, 1.54) is 17.7 Å². The molecule has 0 spiro atoms. The van der Waals surface area contributed by atoms with Gasteiger partial charge in [-0.1, -0.05) is 42.6 Å². The van der Waals surface area contributed by atoms with Crippen molar-refractivity contribution in [1.29, 1.82) is 0 Å². The van der Waals surface area contributed by atoms with Gasteiger partial charge in [-0.25, -0.2) is 0 Å². The summed E-state index contributed by atoms with van der Waals surface area (Å²) >= 11 is 5.22. The van der Waals surface area contributed by atoms with Crippen molar-refractivity contribution in [2.45, 2.75) is 51.5 Å². The predicted molar refractivity (Wildman–Crippen MR) is 85.3 cm³/mol. The maximum absolute atomic E-state index is 12.4. The van der Waals surface area contributed by atoms with Crippen molar-refractivity contribution in [3.63, 3.8) is 0 Å². The summed E-state index contributed by atoms with van der Waals surface area (Å²) in [5.74, 6) is 0.791. The van der Waals surface area contributed by atoms with E-state index in [1.54, 1.807) is 11.3 Å². The first kappa shape index (κ1) is 15.0. The average Bonchev–Trinajstić information content (AvgIpc) is 2.87. The maximum Gasteiger partial charge on any atom is 0.261 e. The number of alkyl halides is 1. The molecule has 2 unspecified atom stereocenters. The number of halogens is 1. The number of carbonyl (C=O) groups excluding carboxylic acids is 1. The topological polar surface area (TPSA) is 29.1 Å². The van der Waals surface area contributed by atoms with Crippen LogP contribution in [-0.4, -0.2) is 16.8 Å². The lowest BCUT2D eigenvalue weighted by Gasteiger charge is -2.39. The van der Waals surface area contributed by atoms with Gasteiger partial charge in [0.25, 0.3) is 5.91 Å². The molecule has 0 aromatic carbocycles. The molecule has 106 valence electrons. The van der Waals surface area contributed by atoms with Gasteiger partial charge in [0.2, 0.25) is 0 Å². The molecule has 2 rings (SSSR count). The molecule has 4 heteroatoms. The maximum atomic E-state index is 12.4. The molecule has 0 bridgehead atoms. The van der Waals surface area contributed by atoms with Crippen LogP contribution in [0.4, 0.5) is 0 Å². The fourth-order valence-corrected chi connectivity index (χ4v) is 4.41. The largest absolute Gasteiger partial charge is 0.345 e. The van der Waals surface area contributed by atoms with Gasteiger partial charge in [-0.2, -0.15) is 0 Å². The van der Waals surface area contributed by atoms with Crippen molar-refractivity contribution < 1.29 is 4.79 Å². The minimum absolute atomic E-state index is 0.0505. The minimum Gasteiger partial charge on any atom is -0.345 e. The molecule has 0 saturated heterocycles. The van der Waals surface area contributed by atoms with Crippen LogP contribution in [0.1, 0.15) is 54.1 Å². The van der Waals surface area contributed by atoms with Crippen molar-refractivity contribution in [1.82, 2.24) is 5.32 Å². The van der Waals surface area contributed by atoms with Gasteiger partial charge < -0.3 is 5.32 Å². The van der Waals surface area contributed by atoms with Crippen LogP contribution in [0.3, 0.4) is 0 Å². The second-order valence-electron chi connectivity index (χ2n) is 5.69. The zero-order valence-corrected chi connectivity index (χ0v) is 14.1. The van der Waals surface area contributed by atoms with Crippen molar-refractivity contribution in [2.24, 2.45) is 5.92 Å². The summed E-state index contributed by atoms with van der Waals surface area (Å²) in [6.45, 7) is 4.40. The van der Waals surface area contributed by atoms with E-state index in [1.807, 2.05) is 6.07 Å². The molecular formula is C15H22BrNOS. The van der Waals surface area contributed by atoms with Gasteiger partial charge in [0.1, 0.15) is 0 Å². The lowest BCUT2D eigenvalue weighted by Crippen LogP contribution is -2.52. The minimum atomic E-state index is -0.0505. The summed E-state index contributed by atoms with van der Waals surface area (Å²) in [5.41, 5.74) is -0.0505. The first-order valence-corrected chi connectivity index (χ1v) is 8.99. The number of amides is 1. The van der Waals surface area contributed by atoms with Crippen LogP contribution in [0, 0.1) is 5.92 Å². The zero-order chi connectivity index (χ0) is 13.9. The van der Waals surface area contributed by atoms with Crippen LogP contribution in [0.5, 0.6) is 0 Å². The highest BCUT2D eigenvalue weighted by Crippen LogP contribution is 2.34. The Balaban J connectivity index is 2.07. The van der Waals surface area contributed by atoms with Crippen molar-refractivity contribution in [3.05, 3.63) is 21.9 Å². The van der Waals surface area contributed by atoms with Crippen molar-refractivity contribution in [3.8, 4) is 0 Å². The van der Waals surface area contributed by atoms with Gasteiger partial charge in [0, 0.05) is 10.2 Å². The highest BCUT2D eigenvalue weighted by Gasteiger charge is 2.35. The Morgan fingerprint density at radius 1 is 1.58 bits per heavy atom. The molecular weight excluding hydrogens is 322 g/mol. The Labute approximate surface area is 128 Å². The summed E-state index contributed by atoms with van der Waals surface area (Å²) in [6.07, 6.45) is 5.65. The van der Waals surface area contributed by atoms with E-state index in [0.717, 1.165) is 29.5 Å². The summed E-state index contributed by atoms with van der Waals surface area (Å²) in [7, 11) is 0.